The second kappa shape index (κ2) is 4.70. The van der Waals surface area contributed by atoms with E-state index in [1.165, 1.54) is 30.6 Å². The maximum atomic E-state index is 5.43. The topological polar surface area (TPSA) is 75.9 Å². The molecule has 2 aromatic heterocycles. The molecule has 0 bridgehead atoms. The Morgan fingerprint density at radius 1 is 1.33 bits per heavy atom. The van der Waals surface area contributed by atoms with Gasteiger partial charge in [-0.15, -0.1) is 11.3 Å². The normalized spacial score (nSPS) is 16.3. The summed E-state index contributed by atoms with van der Waals surface area (Å²) in [5, 5.41) is 4.63. The van der Waals surface area contributed by atoms with E-state index in [-0.39, 0.29) is 0 Å². The summed E-state index contributed by atoms with van der Waals surface area (Å²) >= 11 is 1.67. The van der Waals surface area contributed by atoms with Crippen LogP contribution >= 0.6 is 11.3 Å². The zero-order valence-corrected chi connectivity index (χ0v) is 11.2. The van der Waals surface area contributed by atoms with Crippen LogP contribution in [0.2, 0.25) is 0 Å². The molecule has 0 unspecified atom stereocenters. The molecular formula is C12H17N5S. The Hall–Kier alpha value is -1.40. The molecule has 2 heterocycles. The third-order valence-corrected chi connectivity index (χ3v) is 4.29. The minimum Gasteiger partial charge on any atom is -0.367 e. The van der Waals surface area contributed by atoms with Crippen LogP contribution in [0.4, 0.5) is 11.8 Å². The molecule has 1 aliphatic carbocycles. The Labute approximate surface area is 110 Å². The van der Waals surface area contributed by atoms with E-state index in [1.54, 1.807) is 11.3 Å². The predicted molar refractivity (Wildman–Crippen MR) is 75.8 cm³/mol. The summed E-state index contributed by atoms with van der Waals surface area (Å²) in [6, 6.07) is 2.67. The molecule has 1 saturated carbocycles. The van der Waals surface area contributed by atoms with Crippen LogP contribution in [-0.2, 0) is 0 Å². The second-order valence-corrected chi connectivity index (χ2v) is 5.98. The smallest absolute Gasteiger partial charge is 0.240 e. The average molecular weight is 263 g/mol. The van der Waals surface area contributed by atoms with Gasteiger partial charge in [0, 0.05) is 10.9 Å². The van der Waals surface area contributed by atoms with E-state index in [1.807, 2.05) is 0 Å². The molecule has 1 aliphatic rings. The summed E-state index contributed by atoms with van der Waals surface area (Å²) < 4.78 is 0. The number of nitrogens with one attached hydrogen (secondary N) is 2. The number of thiophene rings is 1. The van der Waals surface area contributed by atoms with E-state index in [4.69, 9.17) is 5.84 Å². The first-order chi connectivity index (χ1) is 8.76. The molecule has 0 saturated heterocycles. The maximum absolute atomic E-state index is 5.43. The highest BCUT2D eigenvalue weighted by molar-refractivity contribution is 7.18. The molecule has 0 amide bonds. The monoisotopic (exact) mass is 263 g/mol. The van der Waals surface area contributed by atoms with Crippen molar-refractivity contribution in [1.82, 2.24) is 9.97 Å². The van der Waals surface area contributed by atoms with Crippen molar-refractivity contribution in [2.24, 2.45) is 5.84 Å². The number of nitrogens with two attached hydrogens (primary N) is 1. The van der Waals surface area contributed by atoms with Crippen molar-refractivity contribution >= 4 is 33.3 Å². The Kier molecular flexibility index (Phi) is 3.05. The molecule has 4 N–H and O–H groups in total. The van der Waals surface area contributed by atoms with Crippen LogP contribution in [0.3, 0.4) is 0 Å². The molecule has 5 nitrogen and oxygen atoms in total. The fourth-order valence-corrected chi connectivity index (χ4v) is 3.36. The quantitative estimate of drug-likeness (QED) is 0.586. The summed E-state index contributed by atoms with van der Waals surface area (Å²) in [7, 11) is 0. The van der Waals surface area contributed by atoms with E-state index in [2.05, 4.69) is 33.7 Å². The van der Waals surface area contributed by atoms with E-state index >= 15 is 0 Å². The number of rotatable bonds is 3. The van der Waals surface area contributed by atoms with E-state index < -0.39 is 0 Å². The number of aromatic nitrogens is 2. The van der Waals surface area contributed by atoms with Crippen LogP contribution in [0.15, 0.2) is 6.07 Å². The Morgan fingerprint density at radius 3 is 2.83 bits per heavy atom. The summed E-state index contributed by atoms with van der Waals surface area (Å²) in [5.74, 6) is 6.81. The number of hydrogen-bond donors (Lipinski definition) is 3. The van der Waals surface area contributed by atoms with Gasteiger partial charge in [0.1, 0.15) is 10.6 Å². The summed E-state index contributed by atoms with van der Waals surface area (Å²) in [5.41, 5.74) is 2.54. The molecule has 6 heteroatoms. The third kappa shape index (κ3) is 2.13. The van der Waals surface area contributed by atoms with Gasteiger partial charge in [-0.3, -0.25) is 5.43 Å². The molecule has 0 atom stereocenters. The van der Waals surface area contributed by atoms with Gasteiger partial charge in [0.2, 0.25) is 5.95 Å². The molecule has 18 heavy (non-hydrogen) atoms. The number of nitrogen functional groups attached to an aromatic ring is 1. The van der Waals surface area contributed by atoms with Crippen molar-refractivity contribution in [3.63, 3.8) is 0 Å². The predicted octanol–water partition coefficient (Wildman–Crippen LogP) is 2.64. The maximum Gasteiger partial charge on any atom is 0.240 e. The molecule has 3 rings (SSSR count). The highest BCUT2D eigenvalue weighted by Gasteiger charge is 2.18. The third-order valence-electron chi connectivity index (χ3n) is 3.34. The fourth-order valence-electron chi connectivity index (χ4n) is 2.48. The second-order valence-electron chi connectivity index (χ2n) is 4.74. The van der Waals surface area contributed by atoms with Gasteiger partial charge in [-0.2, -0.15) is 4.98 Å². The number of nitrogens with zero attached hydrogens (tertiary/aromatic N) is 2. The van der Waals surface area contributed by atoms with Crippen LogP contribution in [-0.4, -0.2) is 16.0 Å². The highest BCUT2D eigenvalue weighted by Crippen LogP contribution is 2.31. The lowest BCUT2D eigenvalue weighted by Gasteiger charge is -2.14. The first kappa shape index (κ1) is 11.7. The van der Waals surface area contributed by atoms with E-state index in [0.717, 1.165) is 16.0 Å². The van der Waals surface area contributed by atoms with Crippen molar-refractivity contribution < 1.29 is 0 Å². The van der Waals surface area contributed by atoms with Crippen LogP contribution in [0.5, 0.6) is 0 Å². The van der Waals surface area contributed by atoms with Gasteiger partial charge in [0.25, 0.3) is 0 Å². The van der Waals surface area contributed by atoms with Gasteiger partial charge in [-0.25, -0.2) is 10.8 Å². The standard InChI is InChI=1S/C12H17N5S/c1-7-6-9-10(14-8-4-2-3-5-8)15-12(17-13)16-11(9)18-7/h6,8H,2-5,13H2,1H3,(H2,14,15,16,17). The lowest BCUT2D eigenvalue weighted by atomic mass is 10.2. The van der Waals surface area contributed by atoms with E-state index in [0.29, 0.717) is 12.0 Å². The minimum absolute atomic E-state index is 0.477. The van der Waals surface area contributed by atoms with Crippen LogP contribution in [0, 0.1) is 6.92 Å². The van der Waals surface area contributed by atoms with Crippen molar-refractivity contribution in [2.75, 3.05) is 10.7 Å². The van der Waals surface area contributed by atoms with Crippen molar-refractivity contribution in [2.45, 2.75) is 38.6 Å². The SMILES string of the molecule is Cc1cc2c(NC3CCCC3)nc(NN)nc2s1. The van der Waals surface area contributed by atoms with Gasteiger partial charge >= 0.3 is 0 Å². The number of hydrogen-bond acceptors (Lipinski definition) is 6. The largest absolute Gasteiger partial charge is 0.367 e. The van der Waals surface area contributed by atoms with Crippen molar-refractivity contribution in [1.29, 1.82) is 0 Å². The van der Waals surface area contributed by atoms with Gasteiger partial charge in [0.15, 0.2) is 0 Å². The average Bonchev–Trinajstić information content (AvgIpc) is 2.97. The summed E-state index contributed by atoms with van der Waals surface area (Å²) in [6.45, 7) is 2.08. The van der Waals surface area contributed by atoms with Gasteiger partial charge in [-0.1, -0.05) is 12.8 Å². The molecule has 0 radical (unpaired) electrons. The van der Waals surface area contributed by atoms with E-state index in [9.17, 15) is 0 Å². The number of aryl methyl sites for hydroxylation is 1. The van der Waals surface area contributed by atoms with Crippen molar-refractivity contribution in [3.05, 3.63) is 10.9 Å². The number of hydrazine groups is 1. The summed E-state index contributed by atoms with van der Waals surface area (Å²) in [4.78, 5) is 11.0. The molecule has 0 aromatic carbocycles. The zero-order chi connectivity index (χ0) is 12.5. The molecule has 2 aromatic rings. The van der Waals surface area contributed by atoms with Crippen LogP contribution in [0.1, 0.15) is 30.6 Å². The van der Waals surface area contributed by atoms with Gasteiger partial charge < -0.3 is 5.32 Å². The molecule has 1 fully saturated rings. The molecule has 0 aliphatic heterocycles. The van der Waals surface area contributed by atoms with Crippen molar-refractivity contribution in [3.8, 4) is 0 Å². The lowest BCUT2D eigenvalue weighted by molar-refractivity contribution is 0.752. The Morgan fingerprint density at radius 2 is 2.11 bits per heavy atom. The zero-order valence-electron chi connectivity index (χ0n) is 10.4. The van der Waals surface area contributed by atoms with Gasteiger partial charge in [-0.05, 0) is 25.8 Å². The highest BCUT2D eigenvalue weighted by atomic mass is 32.1. The Balaban J connectivity index is 2.01. The first-order valence-corrected chi connectivity index (χ1v) is 7.09. The number of fused-ring (bicyclic) bond motifs is 1. The van der Waals surface area contributed by atoms with Crippen LogP contribution < -0.4 is 16.6 Å². The molecule has 96 valence electrons. The number of anilines is 2. The van der Waals surface area contributed by atoms with Crippen LogP contribution in [0.25, 0.3) is 10.2 Å². The Bertz CT molecular complexity index is 559. The summed E-state index contributed by atoms with van der Waals surface area (Å²) in [6.07, 6.45) is 5.05. The molecular weight excluding hydrogens is 246 g/mol. The molecule has 0 spiro atoms. The fraction of sp³-hybridized carbons (Fsp3) is 0.500. The first-order valence-electron chi connectivity index (χ1n) is 6.27. The van der Waals surface area contributed by atoms with Gasteiger partial charge in [0.05, 0.1) is 5.39 Å². The lowest BCUT2D eigenvalue weighted by Crippen LogP contribution is -2.17. The minimum atomic E-state index is 0.477.